The van der Waals surface area contributed by atoms with Gasteiger partial charge in [-0.3, -0.25) is 4.90 Å². The van der Waals surface area contributed by atoms with Gasteiger partial charge < -0.3 is 19.8 Å². The first-order valence-electron chi connectivity index (χ1n) is 14.3. The maximum absolute atomic E-state index is 14.0. The van der Waals surface area contributed by atoms with Crippen LogP contribution in [0.1, 0.15) is 24.4 Å². The molecular weight excluding hydrogens is 523 g/mol. The van der Waals surface area contributed by atoms with E-state index in [1.165, 1.54) is 11.0 Å². The number of imidazole rings is 1. The Morgan fingerprint density at radius 3 is 2.61 bits per heavy atom. The van der Waals surface area contributed by atoms with Crippen molar-refractivity contribution >= 4 is 23.4 Å². The number of nitrogens with zero attached hydrogens (tertiary/aromatic N) is 8. The Morgan fingerprint density at radius 2 is 1.80 bits per heavy atom. The smallest absolute Gasteiger partial charge is 0.407 e. The van der Waals surface area contributed by atoms with Crippen molar-refractivity contribution in [2.75, 3.05) is 62.2 Å². The summed E-state index contributed by atoms with van der Waals surface area (Å²) < 4.78 is 15.8. The average Bonchev–Trinajstić information content (AvgIpc) is 3.62. The first-order chi connectivity index (χ1) is 20.0. The molecule has 1 aromatic carbocycles. The normalized spacial score (nSPS) is 20.1. The van der Waals surface area contributed by atoms with E-state index in [2.05, 4.69) is 19.7 Å². The van der Waals surface area contributed by atoms with Crippen LogP contribution >= 0.6 is 0 Å². The summed E-state index contributed by atoms with van der Waals surface area (Å²) >= 11 is 0. The summed E-state index contributed by atoms with van der Waals surface area (Å²) in [6.45, 7) is 6.68. The third kappa shape index (κ3) is 5.06. The molecule has 41 heavy (non-hydrogen) atoms. The standard InChI is InChI=1S/C30H33FN8O2/c31-23-5-1-4-22(16-23)25-7-3-11-38(25)29-10-9-27-32-17-26(39(27)34-29)24-6-2-8-28(33-24)36-14-12-35(13-15-36)18-21-19-37(20-21)30(40)41/h1-2,4-6,8-10,16-17,21,25H,3,7,11-15,18-20H2,(H,40,41)/t25-/m1/s1. The van der Waals surface area contributed by atoms with Gasteiger partial charge in [0.25, 0.3) is 0 Å². The second kappa shape index (κ2) is 10.6. The van der Waals surface area contributed by atoms with Crippen LogP contribution in [0.5, 0.6) is 0 Å². The van der Waals surface area contributed by atoms with Gasteiger partial charge in [-0.05, 0) is 54.8 Å². The molecule has 0 aliphatic carbocycles. The summed E-state index contributed by atoms with van der Waals surface area (Å²) in [5.74, 6) is 1.98. The molecule has 0 saturated carbocycles. The molecule has 3 aromatic heterocycles. The van der Waals surface area contributed by atoms with Gasteiger partial charge in [0, 0.05) is 58.3 Å². The predicted molar refractivity (Wildman–Crippen MR) is 154 cm³/mol. The number of rotatable bonds is 6. The Hall–Kier alpha value is -4.25. The molecule has 212 valence electrons. The summed E-state index contributed by atoms with van der Waals surface area (Å²) in [5, 5.41) is 14.1. The minimum atomic E-state index is -0.821. The molecule has 3 aliphatic rings. The molecule has 10 nitrogen and oxygen atoms in total. The number of hydrogen-bond donors (Lipinski definition) is 1. The van der Waals surface area contributed by atoms with Gasteiger partial charge in [-0.1, -0.05) is 18.2 Å². The van der Waals surface area contributed by atoms with Gasteiger partial charge in [0.05, 0.1) is 17.9 Å². The van der Waals surface area contributed by atoms with E-state index in [9.17, 15) is 9.18 Å². The zero-order valence-electron chi connectivity index (χ0n) is 22.8. The average molecular weight is 557 g/mol. The molecule has 3 saturated heterocycles. The molecule has 1 N–H and O–H groups in total. The number of halogens is 1. The van der Waals surface area contributed by atoms with Crippen LogP contribution in [0.4, 0.5) is 20.8 Å². The van der Waals surface area contributed by atoms with Crippen LogP contribution in [0, 0.1) is 11.7 Å². The van der Waals surface area contributed by atoms with Crippen molar-refractivity contribution in [3.63, 3.8) is 0 Å². The van der Waals surface area contributed by atoms with Crippen molar-refractivity contribution < 1.29 is 14.3 Å². The fourth-order valence-corrected chi connectivity index (χ4v) is 6.40. The van der Waals surface area contributed by atoms with E-state index >= 15 is 0 Å². The number of fused-ring (bicyclic) bond motifs is 1. The Balaban J connectivity index is 1.07. The number of amides is 1. The van der Waals surface area contributed by atoms with E-state index in [1.807, 2.05) is 47.1 Å². The van der Waals surface area contributed by atoms with Gasteiger partial charge in [0.1, 0.15) is 23.1 Å². The highest BCUT2D eigenvalue weighted by Gasteiger charge is 2.32. The van der Waals surface area contributed by atoms with E-state index in [4.69, 9.17) is 15.2 Å². The number of likely N-dealkylation sites (tertiary alicyclic amines) is 1. The van der Waals surface area contributed by atoms with E-state index in [0.29, 0.717) is 19.0 Å². The second-order valence-corrected chi connectivity index (χ2v) is 11.2. The summed E-state index contributed by atoms with van der Waals surface area (Å²) in [6, 6.07) is 17.0. The Labute approximate surface area is 237 Å². The van der Waals surface area contributed by atoms with Crippen molar-refractivity contribution in [2.45, 2.75) is 18.9 Å². The van der Waals surface area contributed by atoms with Crippen molar-refractivity contribution in [1.82, 2.24) is 29.4 Å². The van der Waals surface area contributed by atoms with Crippen LogP contribution < -0.4 is 9.80 Å². The fourth-order valence-electron chi connectivity index (χ4n) is 6.40. The van der Waals surface area contributed by atoms with Crippen LogP contribution in [0.25, 0.3) is 17.0 Å². The van der Waals surface area contributed by atoms with E-state index in [-0.39, 0.29) is 11.9 Å². The molecule has 0 unspecified atom stereocenters. The molecule has 3 aliphatic heterocycles. The molecule has 11 heteroatoms. The van der Waals surface area contributed by atoms with Crippen LogP contribution in [-0.2, 0) is 0 Å². The maximum atomic E-state index is 14.0. The van der Waals surface area contributed by atoms with Crippen LogP contribution in [0.2, 0.25) is 0 Å². The first kappa shape index (κ1) is 25.7. The summed E-state index contributed by atoms with van der Waals surface area (Å²) in [7, 11) is 0. The number of carboxylic acid groups (broad SMARTS) is 1. The number of hydrogen-bond acceptors (Lipinski definition) is 7. The quantitative estimate of drug-likeness (QED) is 0.381. The van der Waals surface area contributed by atoms with Crippen molar-refractivity contribution in [3.05, 3.63) is 72.2 Å². The zero-order valence-corrected chi connectivity index (χ0v) is 22.8. The Bertz CT molecular complexity index is 1560. The summed E-state index contributed by atoms with van der Waals surface area (Å²) in [4.78, 5) is 29.1. The van der Waals surface area contributed by atoms with Gasteiger partial charge in [0.2, 0.25) is 0 Å². The highest BCUT2D eigenvalue weighted by atomic mass is 19.1. The lowest BCUT2D eigenvalue weighted by atomic mass is 10.00. The number of anilines is 2. The van der Waals surface area contributed by atoms with Gasteiger partial charge in [-0.25, -0.2) is 23.7 Å². The minimum Gasteiger partial charge on any atom is -0.465 e. The summed E-state index contributed by atoms with van der Waals surface area (Å²) in [6.07, 6.45) is 2.98. The zero-order chi connectivity index (χ0) is 27.9. The van der Waals surface area contributed by atoms with Crippen molar-refractivity contribution in [3.8, 4) is 11.4 Å². The maximum Gasteiger partial charge on any atom is 0.407 e. The highest BCUT2D eigenvalue weighted by Crippen LogP contribution is 2.36. The first-order valence-corrected chi connectivity index (χ1v) is 14.3. The lowest BCUT2D eigenvalue weighted by molar-refractivity contribution is 0.0608. The Morgan fingerprint density at radius 1 is 0.976 bits per heavy atom. The monoisotopic (exact) mass is 556 g/mol. The molecule has 1 amide bonds. The van der Waals surface area contributed by atoms with Gasteiger partial charge in [0.15, 0.2) is 5.65 Å². The lowest BCUT2D eigenvalue weighted by Crippen LogP contribution is -2.56. The molecule has 6 heterocycles. The largest absolute Gasteiger partial charge is 0.465 e. The topological polar surface area (TPSA) is 93.3 Å². The molecule has 7 rings (SSSR count). The van der Waals surface area contributed by atoms with Crippen LogP contribution in [-0.4, -0.2) is 92.9 Å². The molecule has 0 spiro atoms. The number of carbonyl (C=O) groups is 1. The third-order valence-electron chi connectivity index (χ3n) is 8.57. The van der Waals surface area contributed by atoms with Crippen molar-refractivity contribution in [2.24, 2.45) is 5.92 Å². The number of aromatic nitrogens is 4. The van der Waals surface area contributed by atoms with E-state index < -0.39 is 6.09 Å². The van der Waals surface area contributed by atoms with Gasteiger partial charge >= 0.3 is 6.09 Å². The molecule has 0 bridgehead atoms. The lowest BCUT2D eigenvalue weighted by Gasteiger charge is -2.42. The third-order valence-corrected chi connectivity index (χ3v) is 8.57. The Kier molecular flexibility index (Phi) is 6.66. The van der Waals surface area contributed by atoms with E-state index in [0.717, 1.165) is 86.3 Å². The van der Waals surface area contributed by atoms with Crippen LogP contribution in [0.15, 0.2) is 60.8 Å². The molecule has 1 atom stereocenters. The van der Waals surface area contributed by atoms with Gasteiger partial charge in [-0.15, -0.1) is 5.10 Å². The fraction of sp³-hybridized carbons (Fsp3) is 0.400. The van der Waals surface area contributed by atoms with Crippen LogP contribution in [0.3, 0.4) is 0 Å². The van der Waals surface area contributed by atoms with Crippen molar-refractivity contribution in [1.29, 1.82) is 0 Å². The second-order valence-electron chi connectivity index (χ2n) is 11.2. The highest BCUT2D eigenvalue weighted by molar-refractivity contribution is 5.66. The molecule has 4 aromatic rings. The number of benzene rings is 1. The number of piperazine rings is 1. The summed E-state index contributed by atoms with van der Waals surface area (Å²) in [5.41, 5.74) is 3.37. The minimum absolute atomic E-state index is 0.0862. The number of pyridine rings is 1. The van der Waals surface area contributed by atoms with E-state index in [1.54, 1.807) is 12.1 Å². The molecular formula is C30H33FN8O2. The SMILES string of the molecule is O=C(O)N1CC(CN2CCN(c3cccc(-c4cnc5ccc(N6CCC[C@@H]6c6cccc(F)c6)nn45)n3)CC2)C1. The molecule has 0 radical (unpaired) electrons. The van der Waals surface area contributed by atoms with Gasteiger partial charge in [-0.2, -0.15) is 0 Å². The molecule has 3 fully saturated rings. The predicted octanol–water partition coefficient (Wildman–Crippen LogP) is 4.00.